The van der Waals surface area contributed by atoms with Crippen molar-refractivity contribution in [2.45, 2.75) is 25.7 Å². The molecule has 1 aliphatic rings. The van der Waals surface area contributed by atoms with E-state index in [4.69, 9.17) is 4.74 Å². The Bertz CT molecular complexity index is 976. The van der Waals surface area contributed by atoms with Crippen molar-refractivity contribution in [1.82, 2.24) is 4.31 Å². The summed E-state index contributed by atoms with van der Waals surface area (Å²) < 4.78 is 32.4. The van der Waals surface area contributed by atoms with Gasteiger partial charge >= 0.3 is 5.97 Å². The highest BCUT2D eigenvalue weighted by Gasteiger charge is 2.33. The smallest absolute Gasteiger partial charge is 0.338 e. The SMILES string of the molecule is CCOC(=O)c1ccc(/C=C2\CN(S(=O)(=O)c3ccc(C)cc3)CC2C)cc1. The highest BCUT2D eigenvalue weighted by Crippen LogP contribution is 2.29. The Balaban J connectivity index is 1.77. The van der Waals surface area contributed by atoms with E-state index >= 15 is 0 Å². The van der Waals surface area contributed by atoms with Crippen LogP contribution in [0, 0.1) is 12.8 Å². The summed E-state index contributed by atoms with van der Waals surface area (Å²) in [6, 6.07) is 14.1. The molecule has 1 fully saturated rings. The molecule has 0 aliphatic carbocycles. The van der Waals surface area contributed by atoms with Crippen LogP contribution >= 0.6 is 0 Å². The van der Waals surface area contributed by atoms with Crippen LogP contribution in [-0.2, 0) is 14.8 Å². The zero-order valence-corrected chi connectivity index (χ0v) is 17.2. The third-order valence-electron chi connectivity index (χ3n) is 4.90. The topological polar surface area (TPSA) is 63.7 Å². The third-order valence-corrected chi connectivity index (χ3v) is 6.73. The summed E-state index contributed by atoms with van der Waals surface area (Å²) in [4.78, 5) is 12.1. The van der Waals surface area contributed by atoms with Crippen molar-refractivity contribution in [3.05, 3.63) is 70.8 Å². The summed E-state index contributed by atoms with van der Waals surface area (Å²) in [6.45, 7) is 6.91. The largest absolute Gasteiger partial charge is 0.462 e. The molecular weight excluding hydrogens is 374 g/mol. The number of rotatable bonds is 5. The Morgan fingerprint density at radius 3 is 2.39 bits per heavy atom. The fourth-order valence-corrected chi connectivity index (χ4v) is 4.74. The first-order chi connectivity index (χ1) is 13.3. The fraction of sp³-hybridized carbons (Fsp3) is 0.318. The van der Waals surface area contributed by atoms with Gasteiger partial charge in [-0.3, -0.25) is 0 Å². The molecule has 1 heterocycles. The minimum Gasteiger partial charge on any atom is -0.462 e. The molecule has 2 aromatic carbocycles. The van der Waals surface area contributed by atoms with Crippen LogP contribution in [0.3, 0.4) is 0 Å². The van der Waals surface area contributed by atoms with Gasteiger partial charge in [0.15, 0.2) is 0 Å². The molecule has 1 atom stereocenters. The lowest BCUT2D eigenvalue weighted by Gasteiger charge is -2.15. The molecule has 1 unspecified atom stereocenters. The van der Waals surface area contributed by atoms with Gasteiger partial charge in [0.1, 0.15) is 0 Å². The first-order valence-electron chi connectivity index (χ1n) is 9.35. The zero-order valence-electron chi connectivity index (χ0n) is 16.4. The Morgan fingerprint density at radius 1 is 1.14 bits per heavy atom. The molecule has 5 nitrogen and oxygen atoms in total. The summed E-state index contributed by atoms with van der Waals surface area (Å²) in [5, 5.41) is 0. The van der Waals surface area contributed by atoms with E-state index in [0.717, 1.165) is 16.7 Å². The molecule has 0 saturated carbocycles. The van der Waals surface area contributed by atoms with Gasteiger partial charge in [-0.15, -0.1) is 0 Å². The van der Waals surface area contributed by atoms with Gasteiger partial charge in [0, 0.05) is 13.1 Å². The standard InChI is InChI=1S/C22H25NO4S/c1-4-27-22(24)19-9-7-18(8-10-19)13-20-15-23(14-17(20)3)28(25,26)21-11-5-16(2)6-12-21/h5-13,17H,4,14-15H2,1-3H3/b20-13+. The van der Waals surface area contributed by atoms with Crippen molar-refractivity contribution in [2.75, 3.05) is 19.7 Å². The number of aryl methyl sites for hydroxylation is 1. The van der Waals surface area contributed by atoms with Gasteiger partial charge in [0.05, 0.1) is 17.1 Å². The van der Waals surface area contributed by atoms with Crippen LogP contribution in [0.4, 0.5) is 0 Å². The molecule has 0 N–H and O–H groups in total. The summed E-state index contributed by atoms with van der Waals surface area (Å²) in [5.74, 6) is -0.212. The number of carbonyl (C=O) groups is 1. The summed E-state index contributed by atoms with van der Waals surface area (Å²) in [6.07, 6.45) is 2.00. The first-order valence-corrected chi connectivity index (χ1v) is 10.8. The van der Waals surface area contributed by atoms with E-state index in [0.29, 0.717) is 30.2 Å². The molecule has 6 heteroatoms. The highest BCUT2D eigenvalue weighted by atomic mass is 32.2. The van der Waals surface area contributed by atoms with Crippen molar-refractivity contribution in [3.63, 3.8) is 0 Å². The molecule has 3 rings (SSSR count). The van der Waals surface area contributed by atoms with Crippen LogP contribution in [0.25, 0.3) is 6.08 Å². The van der Waals surface area contributed by atoms with Crippen LogP contribution in [0.1, 0.15) is 35.3 Å². The van der Waals surface area contributed by atoms with Gasteiger partial charge in [-0.25, -0.2) is 13.2 Å². The van der Waals surface area contributed by atoms with Crippen LogP contribution < -0.4 is 0 Å². The maximum atomic E-state index is 12.9. The molecular formula is C22H25NO4S. The van der Waals surface area contributed by atoms with Crippen LogP contribution in [0.15, 0.2) is 59.0 Å². The molecule has 148 valence electrons. The highest BCUT2D eigenvalue weighted by molar-refractivity contribution is 7.89. The summed E-state index contributed by atoms with van der Waals surface area (Å²) in [7, 11) is -3.51. The molecule has 0 aromatic heterocycles. The van der Waals surface area contributed by atoms with E-state index in [1.807, 2.05) is 44.2 Å². The maximum Gasteiger partial charge on any atom is 0.338 e. The minimum absolute atomic E-state index is 0.130. The molecule has 0 amide bonds. The van der Waals surface area contributed by atoms with E-state index in [-0.39, 0.29) is 11.9 Å². The van der Waals surface area contributed by atoms with E-state index in [9.17, 15) is 13.2 Å². The number of sulfonamides is 1. The van der Waals surface area contributed by atoms with Crippen molar-refractivity contribution >= 4 is 22.1 Å². The van der Waals surface area contributed by atoms with Crippen LogP contribution in [0.5, 0.6) is 0 Å². The van der Waals surface area contributed by atoms with E-state index in [2.05, 4.69) is 0 Å². The van der Waals surface area contributed by atoms with Gasteiger partial charge in [-0.2, -0.15) is 4.31 Å². The Morgan fingerprint density at radius 2 is 1.79 bits per heavy atom. The Kier molecular flexibility index (Phi) is 6.01. The lowest BCUT2D eigenvalue weighted by molar-refractivity contribution is 0.0526. The molecule has 1 saturated heterocycles. The average molecular weight is 400 g/mol. The van der Waals surface area contributed by atoms with Crippen molar-refractivity contribution in [1.29, 1.82) is 0 Å². The predicted molar refractivity (Wildman–Crippen MR) is 109 cm³/mol. The quantitative estimate of drug-likeness (QED) is 0.716. The monoisotopic (exact) mass is 399 g/mol. The first kappa shape index (κ1) is 20.3. The van der Waals surface area contributed by atoms with Crippen LogP contribution in [-0.4, -0.2) is 38.4 Å². The van der Waals surface area contributed by atoms with E-state index < -0.39 is 10.0 Å². The molecule has 28 heavy (non-hydrogen) atoms. The summed E-state index contributed by atoms with van der Waals surface area (Å²) in [5.41, 5.74) is 3.52. The predicted octanol–water partition coefficient (Wildman–Crippen LogP) is 3.90. The summed E-state index contributed by atoms with van der Waals surface area (Å²) >= 11 is 0. The minimum atomic E-state index is -3.51. The normalized spacial score (nSPS) is 19.1. The number of hydrogen-bond acceptors (Lipinski definition) is 4. The molecule has 2 aromatic rings. The van der Waals surface area contributed by atoms with Gasteiger partial charge in [-0.05, 0) is 49.6 Å². The number of carbonyl (C=O) groups excluding carboxylic acids is 1. The van der Waals surface area contributed by atoms with E-state index in [1.54, 1.807) is 31.2 Å². The Hall–Kier alpha value is -2.44. The van der Waals surface area contributed by atoms with Gasteiger partial charge in [0.25, 0.3) is 0 Å². The van der Waals surface area contributed by atoms with Crippen molar-refractivity contribution < 1.29 is 17.9 Å². The lowest BCUT2D eigenvalue weighted by atomic mass is 10.0. The van der Waals surface area contributed by atoms with Gasteiger partial charge < -0.3 is 4.74 Å². The second kappa shape index (κ2) is 8.29. The van der Waals surface area contributed by atoms with E-state index in [1.165, 1.54) is 4.31 Å². The third kappa shape index (κ3) is 4.34. The van der Waals surface area contributed by atoms with Gasteiger partial charge in [0.2, 0.25) is 10.0 Å². The van der Waals surface area contributed by atoms with Gasteiger partial charge in [-0.1, -0.05) is 48.4 Å². The zero-order chi connectivity index (χ0) is 20.3. The fourth-order valence-electron chi connectivity index (χ4n) is 3.22. The molecule has 0 spiro atoms. The second-order valence-corrected chi connectivity index (χ2v) is 9.01. The van der Waals surface area contributed by atoms with Crippen molar-refractivity contribution in [3.8, 4) is 0 Å². The Labute approximate surface area is 166 Å². The average Bonchev–Trinajstić information content (AvgIpc) is 3.04. The molecule has 0 radical (unpaired) electrons. The molecule has 0 bridgehead atoms. The number of benzene rings is 2. The maximum absolute atomic E-state index is 12.9. The number of nitrogens with zero attached hydrogens (tertiary/aromatic N) is 1. The lowest BCUT2D eigenvalue weighted by Crippen LogP contribution is -2.28. The molecule has 1 aliphatic heterocycles. The second-order valence-electron chi connectivity index (χ2n) is 7.07. The number of hydrogen-bond donors (Lipinski definition) is 0. The number of ether oxygens (including phenoxy) is 1. The number of esters is 1. The van der Waals surface area contributed by atoms with Crippen molar-refractivity contribution in [2.24, 2.45) is 5.92 Å². The van der Waals surface area contributed by atoms with Crippen LogP contribution in [0.2, 0.25) is 0 Å².